The van der Waals surface area contributed by atoms with Gasteiger partial charge in [-0.3, -0.25) is 0 Å². The number of oxazole rings is 1. The van der Waals surface area contributed by atoms with E-state index in [-0.39, 0.29) is 0 Å². The molecule has 0 aliphatic heterocycles. The van der Waals surface area contributed by atoms with Crippen LogP contribution in [0, 0.1) is 0 Å². The van der Waals surface area contributed by atoms with Crippen molar-refractivity contribution in [3.05, 3.63) is 188 Å². The van der Waals surface area contributed by atoms with Gasteiger partial charge in [0.15, 0.2) is 11.2 Å². The molecule has 6 nitrogen and oxygen atoms in total. The van der Waals surface area contributed by atoms with Crippen LogP contribution in [-0.4, -0.2) is 4.98 Å². The molecule has 0 saturated heterocycles. The lowest BCUT2D eigenvalue weighted by Crippen LogP contribution is -2.14. The first-order valence-corrected chi connectivity index (χ1v) is 18.3. The highest BCUT2D eigenvalue weighted by Gasteiger charge is 2.26. The summed E-state index contributed by atoms with van der Waals surface area (Å²) in [5.74, 6) is 0.543. The number of hydrogen-bond donors (Lipinski definition) is 0. The Morgan fingerprint density at radius 1 is 0.345 bits per heavy atom. The number of nitrogens with zero attached hydrogens (tertiary/aromatic N) is 3. The molecule has 0 unspecified atom stereocenters. The summed E-state index contributed by atoms with van der Waals surface area (Å²) < 4.78 is 19.7. The SMILES string of the molecule is c1ccc(-c2nc3c(N(c4ccccc4)c4cccc5c4oc4ccccc45)cc(N(c4ccccc4)c4ccc5oc6ccccc6c5c4)cc3o2)cc1. The Balaban J connectivity index is 1.21. The molecule has 0 aliphatic carbocycles. The molecule has 0 atom stereocenters. The van der Waals surface area contributed by atoms with Crippen LogP contribution >= 0.6 is 0 Å². The summed E-state index contributed by atoms with van der Waals surface area (Å²) >= 11 is 0. The Bertz CT molecular complexity index is 3170. The molecule has 3 heterocycles. The molecule has 0 radical (unpaired) electrons. The first kappa shape index (κ1) is 31.0. The van der Waals surface area contributed by atoms with Crippen LogP contribution in [0.1, 0.15) is 0 Å². The van der Waals surface area contributed by atoms with Gasteiger partial charge in [-0.05, 0) is 78.9 Å². The molecule has 0 bridgehead atoms. The fourth-order valence-corrected chi connectivity index (χ4v) is 7.77. The number of fused-ring (bicyclic) bond motifs is 7. The second-order valence-electron chi connectivity index (χ2n) is 13.6. The Labute approximate surface area is 315 Å². The van der Waals surface area contributed by atoms with Gasteiger partial charge in [0, 0.05) is 50.2 Å². The van der Waals surface area contributed by atoms with Crippen LogP contribution in [0.25, 0.3) is 66.4 Å². The minimum Gasteiger partial charge on any atom is -0.456 e. The molecule has 0 amide bonds. The summed E-state index contributed by atoms with van der Waals surface area (Å²) in [7, 11) is 0. The number of hydrogen-bond acceptors (Lipinski definition) is 6. The molecular weight excluding hydrogens is 679 g/mol. The van der Waals surface area contributed by atoms with Crippen molar-refractivity contribution >= 4 is 89.1 Å². The van der Waals surface area contributed by atoms with Crippen molar-refractivity contribution in [2.24, 2.45) is 0 Å². The van der Waals surface area contributed by atoms with Gasteiger partial charge in [0.05, 0.1) is 17.1 Å². The van der Waals surface area contributed by atoms with Gasteiger partial charge in [-0.15, -0.1) is 0 Å². The Hall–Kier alpha value is -7.57. The molecular formula is C49H31N3O3. The quantitative estimate of drug-likeness (QED) is 0.164. The second kappa shape index (κ2) is 12.5. The fraction of sp³-hybridized carbons (Fsp3) is 0. The van der Waals surface area contributed by atoms with Gasteiger partial charge in [0.2, 0.25) is 5.89 Å². The third kappa shape index (κ3) is 5.15. The van der Waals surface area contributed by atoms with E-state index in [1.165, 1.54) is 0 Å². The second-order valence-corrected chi connectivity index (χ2v) is 13.6. The van der Waals surface area contributed by atoms with Crippen LogP contribution < -0.4 is 9.80 Å². The Morgan fingerprint density at radius 2 is 0.945 bits per heavy atom. The molecule has 11 rings (SSSR count). The summed E-state index contributed by atoms with van der Waals surface area (Å²) in [6.45, 7) is 0. The molecule has 0 saturated carbocycles. The molecule has 6 heteroatoms. The van der Waals surface area contributed by atoms with E-state index in [0.29, 0.717) is 11.5 Å². The number of aromatic nitrogens is 1. The van der Waals surface area contributed by atoms with E-state index in [2.05, 4.69) is 119 Å². The van der Waals surface area contributed by atoms with E-state index in [1.54, 1.807) is 0 Å². The van der Waals surface area contributed by atoms with E-state index in [4.69, 9.17) is 18.2 Å². The molecule has 0 fully saturated rings. The van der Waals surface area contributed by atoms with Crippen LogP contribution in [0.4, 0.5) is 34.1 Å². The predicted octanol–water partition coefficient (Wildman–Crippen LogP) is 14.2. The first-order valence-electron chi connectivity index (χ1n) is 18.3. The van der Waals surface area contributed by atoms with Crippen LogP contribution in [-0.2, 0) is 0 Å². The fourth-order valence-electron chi connectivity index (χ4n) is 7.77. The largest absolute Gasteiger partial charge is 0.456 e. The minimum absolute atomic E-state index is 0.543. The predicted molar refractivity (Wildman–Crippen MR) is 223 cm³/mol. The van der Waals surface area contributed by atoms with Crippen molar-refractivity contribution in [1.82, 2.24) is 4.98 Å². The van der Waals surface area contributed by atoms with Crippen molar-refractivity contribution < 1.29 is 13.3 Å². The van der Waals surface area contributed by atoms with Gasteiger partial charge in [-0.25, -0.2) is 4.98 Å². The van der Waals surface area contributed by atoms with E-state index < -0.39 is 0 Å². The van der Waals surface area contributed by atoms with E-state index in [1.807, 2.05) is 78.9 Å². The molecule has 3 aromatic heterocycles. The summed E-state index contributed by atoms with van der Waals surface area (Å²) in [5.41, 5.74) is 11.1. The molecule has 8 aromatic carbocycles. The number of para-hydroxylation sites is 5. The number of anilines is 6. The standard InChI is InChI=1S/C49H31N3O3/c1-4-15-32(16-5-1)49-50-47-42(52(34-19-8-3-9-20-34)41-24-14-23-39-37-21-10-13-26-44(37)54-48(39)41)30-36(31-46(47)55-49)51(33-17-6-2-7-18-33)35-27-28-45-40(29-35)38-22-11-12-25-43(38)53-45/h1-31H. The van der Waals surface area contributed by atoms with Gasteiger partial charge in [0.1, 0.15) is 22.3 Å². The summed E-state index contributed by atoms with van der Waals surface area (Å²) in [6.07, 6.45) is 0. The summed E-state index contributed by atoms with van der Waals surface area (Å²) in [5, 5.41) is 4.22. The van der Waals surface area contributed by atoms with Gasteiger partial charge in [-0.2, -0.15) is 0 Å². The van der Waals surface area contributed by atoms with Crippen molar-refractivity contribution in [3.8, 4) is 11.5 Å². The average molecular weight is 710 g/mol. The normalized spacial score (nSPS) is 11.6. The lowest BCUT2D eigenvalue weighted by atomic mass is 10.1. The van der Waals surface area contributed by atoms with Crippen LogP contribution in [0.5, 0.6) is 0 Å². The van der Waals surface area contributed by atoms with Gasteiger partial charge < -0.3 is 23.1 Å². The van der Waals surface area contributed by atoms with E-state index >= 15 is 0 Å². The average Bonchev–Trinajstić information content (AvgIpc) is 3.96. The molecule has 0 aliphatic rings. The Kier molecular flexibility index (Phi) is 7.07. The number of rotatable bonds is 7. The first-order chi connectivity index (χ1) is 27.3. The third-order valence-electron chi connectivity index (χ3n) is 10.3. The number of benzene rings is 8. The maximum atomic E-state index is 6.73. The highest BCUT2D eigenvalue weighted by Crippen LogP contribution is 2.48. The maximum absolute atomic E-state index is 6.73. The summed E-state index contributed by atoms with van der Waals surface area (Å²) in [4.78, 5) is 9.73. The van der Waals surface area contributed by atoms with Gasteiger partial charge >= 0.3 is 0 Å². The van der Waals surface area contributed by atoms with Crippen LogP contribution in [0.15, 0.2) is 201 Å². The van der Waals surface area contributed by atoms with E-state index in [0.717, 1.165) is 89.1 Å². The zero-order valence-electron chi connectivity index (χ0n) is 29.5. The van der Waals surface area contributed by atoms with Crippen LogP contribution in [0.2, 0.25) is 0 Å². The third-order valence-corrected chi connectivity index (χ3v) is 10.3. The van der Waals surface area contributed by atoms with Gasteiger partial charge in [-0.1, -0.05) is 103 Å². The Morgan fingerprint density at radius 3 is 1.69 bits per heavy atom. The van der Waals surface area contributed by atoms with Crippen LogP contribution in [0.3, 0.4) is 0 Å². The number of furan rings is 2. The zero-order chi connectivity index (χ0) is 36.3. The lowest BCUT2D eigenvalue weighted by Gasteiger charge is -2.29. The van der Waals surface area contributed by atoms with Crippen molar-refractivity contribution in [2.75, 3.05) is 9.80 Å². The van der Waals surface area contributed by atoms with Crippen molar-refractivity contribution in [3.63, 3.8) is 0 Å². The molecule has 11 aromatic rings. The molecule has 260 valence electrons. The van der Waals surface area contributed by atoms with Gasteiger partial charge in [0.25, 0.3) is 0 Å². The van der Waals surface area contributed by atoms with Crippen molar-refractivity contribution in [2.45, 2.75) is 0 Å². The highest BCUT2D eigenvalue weighted by atomic mass is 16.3. The lowest BCUT2D eigenvalue weighted by molar-refractivity contribution is 0.620. The molecule has 0 spiro atoms. The smallest absolute Gasteiger partial charge is 0.227 e. The topological polar surface area (TPSA) is 58.8 Å². The van der Waals surface area contributed by atoms with Crippen molar-refractivity contribution in [1.29, 1.82) is 0 Å². The summed E-state index contributed by atoms with van der Waals surface area (Å²) in [6, 6.07) is 64.2. The molecule has 55 heavy (non-hydrogen) atoms. The monoisotopic (exact) mass is 709 g/mol. The zero-order valence-corrected chi connectivity index (χ0v) is 29.5. The highest BCUT2D eigenvalue weighted by molar-refractivity contribution is 6.12. The maximum Gasteiger partial charge on any atom is 0.227 e. The minimum atomic E-state index is 0.543. The van der Waals surface area contributed by atoms with E-state index in [9.17, 15) is 0 Å². The molecule has 0 N–H and O–H groups in total.